The van der Waals surface area contributed by atoms with Crippen molar-refractivity contribution in [1.82, 2.24) is 20.5 Å². The van der Waals surface area contributed by atoms with Gasteiger partial charge in [0.2, 0.25) is 5.91 Å². The molecule has 0 saturated carbocycles. The number of rotatable bonds is 2. The molecule has 6 heteroatoms. The molecule has 2 amide bonds. The van der Waals surface area contributed by atoms with E-state index in [4.69, 9.17) is 0 Å². The summed E-state index contributed by atoms with van der Waals surface area (Å²) >= 11 is 0. The van der Waals surface area contributed by atoms with E-state index in [2.05, 4.69) is 15.6 Å². The lowest BCUT2D eigenvalue weighted by molar-refractivity contribution is -0.124. The fourth-order valence-corrected chi connectivity index (χ4v) is 2.42. The molecule has 3 rings (SSSR count). The Balaban J connectivity index is 1.81. The van der Waals surface area contributed by atoms with Crippen LogP contribution in [0, 0.1) is 0 Å². The first-order chi connectivity index (χ1) is 8.60. The van der Waals surface area contributed by atoms with Crippen LogP contribution < -0.4 is 10.6 Å². The third-order valence-electron chi connectivity index (χ3n) is 3.48. The molecular weight excluding hydrogens is 232 g/mol. The van der Waals surface area contributed by atoms with Crippen molar-refractivity contribution in [3.05, 3.63) is 29.6 Å². The number of fused-ring (bicyclic) bond motifs is 1. The predicted octanol–water partition coefficient (Wildman–Crippen LogP) is -0.527. The number of aromatic nitrogens is 1. The van der Waals surface area contributed by atoms with Gasteiger partial charge in [0.15, 0.2) is 0 Å². The van der Waals surface area contributed by atoms with Gasteiger partial charge in [-0.1, -0.05) is 6.07 Å². The summed E-state index contributed by atoms with van der Waals surface area (Å²) in [6.45, 7) is 3.13. The van der Waals surface area contributed by atoms with Crippen molar-refractivity contribution in [2.45, 2.75) is 19.0 Å². The summed E-state index contributed by atoms with van der Waals surface area (Å²) in [5.41, 5.74) is 0.710. The Morgan fingerprint density at radius 1 is 1.50 bits per heavy atom. The fraction of sp³-hybridized carbons (Fsp3) is 0.417. The molecule has 0 spiro atoms. The van der Waals surface area contributed by atoms with Crippen molar-refractivity contribution in [1.29, 1.82) is 0 Å². The molecule has 0 aliphatic carbocycles. The smallest absolute Gasteiger partial charge is 0.273 e. The molecular formula is C12H14N4O2. The SMILES string of the molecule is CC1(CN2Cc3cccnc3C2=O)NCNC1=O. The summed E-state index contributed by atoms with van der Waals surface area (Å²) in [6.07, 6.45) is 1.61. The maximum absolute atomic E-state index is 12.1. The third-order valence-corrected chi connectivity index (χ3v) is 3.48. The number of amides is 2. The van der Waals surface area contributed by atoms with Gasteiger partial charge in [-0.3, -0.25) is 19.9 Å². The van der Waals surface area contributed by atoms with Gasteiger partial charge in [-0.2, -0.15) is 0 Å². The molecule has 3 heterocycles. The lowest BCUT2D eigenvalue weighted by Crippen LogP contribution is -2.52. The van der Waals surface area contributed by atoms with Crippen LogP contribution in [0.25, 0.3) is 0 Å². The molecule has 94 valence electrons. The highest BCUT2D eigenvalue weighted by atomic mass is 16.2. The molecule has 18 heavy (non-hydrogen) atoms. The minimum atomic E-state index is -0.711. The normalized spacial score (nSPS) is 26.4. The Labute approximate surface area is 104 Å². The molecule has 1 aromatic heterocycles. The number of hydrogen-bond acceptors (Lipinski definition) is 4. The summed E-state index contributed by atoms with van der Waals surface area (Å²) in [4.78, 5) is 29.6. The number of nitrogens with zero attached hydrogens (tertiary/aromatic N) is 2. The number of pyridine rings is 1. The van der Waals surface area contributed by atoms with Gasteiger partial charge in [0.05, 0.1) is 6.67 Å². The van der Waals surface area contributed by atoms with E-state index in [1.165, 1.54) is 0 Å². The van der Waals surface area contributed by atoms with E-state index < -0.39 is 5.54 Å². The Bertz CT molecular complexity index is 531. The quantitative estimate of drug-likeness (QED) is 0.736. The van der Waals surface area contributed by atoms with Gasteiger partial charge in [0.1, 0.15) is 11.2 Å². The van der Waals surface area contributed by atoms with E-state index in [-0.39, 0.29) is 11.8 Å². The van der Waals surface area contributed by atoms with E-state index in [1.54, 1.807) is 18.0 Å². The number of carbonyl (C=O) groups excluding carboxylic acids is 2. The predicted molar refractivity (Wildman–Crippen MR) is 63.5 cm³/mol. The average molecular weight is 246 g/mol. The van der Waals surface area contributed by atoms with Crippen LogP contribution in [-0.2, 0) is 11.3 Å². The van der Waals surface area contributed by atoms with Gasteiger partial charge >= 0.3 is 0 Å². The monoisotopic (exact) mass is 246 g/mol. The van der Waals surface area contributed by atoms with Gasteiger partial charge in [0, 0.05) is 24.8 Å². The highest BCUT2D eigenvalue weighted by Gasteiger charge is 2.42. The van der Waals surface area contributed by atoms with Gasteiger partial charge in [-0.25, -0.2) is 0 Å². The van der Waals surface area contributed by atoms with Crippen LogP contribution in [-0.4, -0.2) is 40.5 Å². The van der Waals surface area contributed by atoms with Crippen molar-refractivity contribution < 1.29 is 9.59 Å². The molecule has 1 saturated heterocycles. The second-order valence-electron chi connectivity index (χ2n) is 4.86. The minimum absolute atomic E-state index is 0.0702. The van der Waals surface area contributed by atoms with Gasteiger partial charge in [0.25, 0.3) is 5.91 Å². The van der Waals surface area contributed by atoms with E-state index in [9.17, 15) is 9.59 Å². The average Bonchev–Trinajstić information content (AvgIpc) is 2.83. The topological polar surface area (TPSA) is 74.3 Å². The van der Waals surface area contributed by atoms with E-state index in [0.29, 0.717) is 25.5 Å². The molecule has 2 aliphatic rings. The summed E-state index contributed by atoms with van der Waals surface area (Å²) in [7, 11) is 0. The van der Waals surface area contributed by atoms with E-state index >= 15 is 0 Å². The molecule has 1 aromatic rings. The fourth-order valence-electron chi connectivity index (χ4n) is 2.42. The van der Waals surface area contributed by atoms with Gasteiger partial charge in [-0.05, 0) is 13.0 Å². The Morgan fingerprint density at radius 2 is 2.33 bits per heavy atom. The van der Waals surface area contributed by atoms with Crippen molar-refractivity contribution in [3.63, 3.8) is 0 Å². The molecule has 1 unspecified atom stereocenters. The molecule has 0 bridgehead atoms. The highest BCUT2D eigenvalue weighted by molar-refractivity contribution is 5.97. The van der Waals surface area contributed by atoms with Crippen LogP contribution in [0.4, 0.5) is 0 Å². The van der Waals surface area contributed by atoms with Crippen LogP contribution in [0.5, 0.6) is 0 Å². The Hall–Kier alpha value is -1.95. The van der Waals surface area contributed by atoms with Crippen molar-refractivity contribution >= 4 is 11.8 Å². The standard InChI is InChI=1S/C12H14N4O2/c1-12(11(18)14-7-15-12)6-16-5-8-3-2-4-13-9(8)10(16)17/h2-4,15H,5-7H2,1H3,(H,14,18). The zero-order valence-electron chi connectivity index (χ0n) is 10.1. The van der Waals surface area contributed by atoms with Crippen molar-refractivity contribution in [3.8, 4) is 0 Å². The van der Waals surface area contributed by atoms with Crippen molar-refractivity contribution in [2.24, 2.45) is 0 Å². The first kappa shape index (κ1) is 11.2. The lowest BCUT2D eigenvalue weighted by atomic mass is 10.0. The molecule has 2 aliphatic heterocycles. The van der Waals surface area contributed by atoms with Crippen LogP contribution in [0.1, 0.15) is 23.0 Å². The summed E-state index contributed by atoms with van der Waals surface area (Å²) in [5.74, 6) is -0.174. The number of nitrogens with one attached hydrogen (secondary N) is 2. The lowest BCUT2D eigenvalue weighted by Gasteiger charge is -2.27. The summed E-state index contributed by atoms with van der Waals surface area (Å²) < 4.78 is 0. The molecule has 1 fully saturated rings. The second-order valence-corrected chi connectivity index (χ2v) is 4.86. The molecule has 6 nitrogen and oxygen atoms in total. The third kappa shape index (κ3) is 1.57. The summed E-state index contributed by atoms with van der Waals surface area (Å²) in [5, 5.41) is 5.80. The zero-order chi connectivity index (χ0) is 12.8. The van der Waals surface area contributed by atoms with E-state index in [1.807, 2.05) is 12.1 Å². The van der Waals surface area contributed by atoms with Gasteiger partial charge < -0.3 is 10.2 Å². The van der Waals surface area contributed by atoms with Gasteiger partial charge in [-0.15, -0.1) is 0 Å². The number of carbonyl (C=O) groups is 2. The van der Waals surface area contributed by atoms with Crippen LogP contribution >= 0.6 is 0 Å². The molecule has 0 aromatic carbocycles. The summed E-state index contributed by atoms with van der Waals surface area (Å²) in [6, 6.07) is 3.71. The second kappa shape index (κ2) is 3.78. The van der Waals surface area contributed by atoms with Crippen LogP contribution in [0.15, 0.2) is 18.3 Å². The maximum Gasteiger partial charge on any atom is 0.273 e. The first-order valence-electron chi connectivity index (χ1n) is 5.87. The number of hydrogen-bond donors (Lipinski definition) is 2. The highest BCUT2D eigenvalue weighted by Crippen LogP contribution is 2.23. The molecule has 2 N–H and O–H groups in total. The zero-order valence-corrected chi connectivity index (χ0v) is 10.1. The maximum atomic E-state index is 12.1. The molecule has 1 atom stereocenters. The molecule has 0 radical (unpaired) electrons. The first-order valence-corrected chi connectivity index (χ1v) is 5.87. The minimum Gasteiger partial charge on any atom is -0.342 e. The van der Waals surface area contributed by atoms with E-state index in [0.717, 1.165) is 5.56 Å². The largest absolute Gasteiger partial charge is 0.342 e. The Kier molecular flexibility index (Phi) is 2.34. The van der Waals surface area contributed by atoms with Crippen LogP contribution in [0.3, 0.4) is 0 Å². The Morgan fingerprint density at radius 3 is 3.00 bits per heavy atom. The van der Waals surface area contributed by atoms with Crippen molar-refractivity contribution in [2.75, 3.05) is 13.2 Å². The van der Waals surface area contributed by atoms with Crippen LogP contribution in [0.2, 0.25) is 0 Å².